The number of aromatic carboxylic acids is 1. The summed E-state index contributed by atoms with van der Waals surface area (Å²) >= 11 is 0. The molecule has 0 aliphatic carbocycles. The molecule has 5 rings (SSSR count). The molecule has 2 aromatic heterocycles. The summed E-state index contributed by atoms with van der Waals surface area (Å²) in [7, 11) is 1.86. The van der Waals surface area contributed by atoms with Crippen LogP contribution in [0, 0.1) is 19.7 Å². The molecule has 5 aromatic rings. The van der Waals surface area contributed by atoms with Crippen molar-refractivity contribution in [3.63, 3.8) is 0 Å². The average Bonchev–Trinajstić information content (AvgIpc) is 3.22. The van der Waals surface area contributed by atoms with Gasteiger partial charge in [-0.3, -0.25) is 9.48 Å². The van der Waals surface area contributed by atoms with Gasteiger partial charge in [-0.2, -0.15) is 5.10 Å². The van der Waals surface area contributed by atoms with Gasteiger partial charge in [0.2, 0.25) is 0 Å². The lowest BCUT2D eigenvalue weighted by atomic mass is 9.98. The Morgan fingerprint density at radius 1 is 1.14 bits per heavy atom. The minimum Gasteiger partial charge on any atom is -0.478 e. The topological polar surface area (TPSA) is 97.4 Å². The Balaban J connectivity index is 1.67. The van der Waals surface area contributed by atoms with Gasteiger partial charge in [0.25, 0.3) is 0 Å². The Bertz CT molecular complexity index is 1740. The van der Waals surface area contributed by atoms with Gasteiger partial charge in [0, 0.05) is 34.8 Å². The van der Waals surface area contributed by atoms with Gasteiger partial charge in [-0.25, -0.2) is 9.18 Å². The summed E-state index contributed by atoms with van der Waals surface area (Å²) in [4.78, 5) is 25.1. The van der Waals surface area contributed by atoms with Crippen molar-refractivity contribution in [2.45, 2.75) is 26.8 Å². The van der Waals surface area contributed by atoms with Gasteiger partial charge in [0.05, 0.1) is 28.7 Å². The van der Waals surface area contributed by atoms with Crippen molar-refractivity contribution < 1.29 is 18.7 Å². The molecule has 0 fully saturated rings. The Morgan fingerprint density at radius 3 is 2.67 bits per heavy atom. The number of fused-ring (bicyclic) bond motifs is 2. The molecular weight excluding hydrogens is 461 g/mol. The number of rotatable bonds is 5. The van der Waals surface area contributed by atoms with E-state index in [1.165, 1.54) is 12.1 Å². The summed E-state index contributed by atoms with van der Waals surface area (Å²) in [6, 6.07) is 12.6. The summed E-state index contributed by atoms with van der Waals surface area (Å²) in [5.41, 5.74) is 4.12. The van der Waals surface area contributed by atoms with Crippen LogP contribution in [-0.4, -0.2) is 20.9 Å². The summed E-state index contributed by atoms with van der Waals surface area (Å²) < 4.78 is 21.9. The molecule has 2 N–H and O–H groups in total. The molecule has 8 heteroatoms. The van der Waals surface area contributed by atoms with E-state index in [1.807, 2.05) is 45.2 Å². The van der Waals surface area contributed by atoms with Crippen molar-refractivity contribution in [2.75, 3.05) is 5.32 Å². The summed E-state index contributed by atoms with van der Waals surface area (Å²) in [5.74, 6) is -1.42. The standard InChI is InChI=1S/C28H24FN3O4/c1-14-9-20(16(3)31-23-7-6-19(29)12-21(23)28(34)35)27-22(10-14)25(33)15(2)26(36-27)17-5-8-24-18(11-17)13-30-32(24)4/h5-13,16,31H,1-4H3,(H,34,35)/t16-/m1/s1. The fourth-order valence-corrected chi connectivity index (χ4v) is 4.60. The predicted molar refractivity (Wildman–Crippen MR) is 137 cm³/mol. The van der Waals surface area contributed by atoms with Crippen LogP contribution in [0.4, 0.5) is 10.1 Å². The number of hydrogen-bond donors (Lipinski definition) is 2. The van der Waals surface area contributed by atoms with E-state index in [0.717, 1.165) is 28.1 Å². The molecule has 36 heavy (non-hydrogen) atoms. The lowest BCUT2D eigenvalue weighted by Crippen LogP contribution is -2.14. The number of hydrogen-bond acceptors (Lipinski definition) is 5. The zero-order valence-corrected chi connectivity index (χ0v) is 20.2. The Labute approximate surface area is 205 Å². The summed E-state index contributed by atoms with van der Waals surface area (Å²) in [5, 5.41) is 18.3. The van der Waals surface area contributed by atoms with Crippen LogP contribution in [-0.2, 0) is 7.05 Å². The van der Waals surface area contributed by atoms with Crippen LogP contribution in [0.1, 0.15) is 40.0 Å². The van der Waals surface area contributed by atoms with E-state index in [4.69, 9.17) is 4.42 Å². The molecule has 0 aliphatic rings. The average molecular weight is 486 g/mol. The second-order valence-electron chi connectivity index (χ2n) is 9.02. The van der Waals surface area contributed by atoms with E-state index in [-0.39, 0.29) is 16.7 Å². The van der Waals surface area contributed by atoms with Crippen LogP contribution in [0.3, 0.4) is 0 Å². The minimum atomic E-state index is -1.24. The third kappa shape index (κ3) is 3.90. The van der Waals surface area contributed by atoms with Crippen molar-refractivity contribution >= 4 is 33.5 Å². The summed E-state index contributed by atoms with van der Waals surface area (Å²) in [6.45, 7) is 5.47. The molecule has 1 atom stereocenters. The highest BCUT2D eigenvalue weighted by Crippen LogP contribution is 2.33. The molecule has 0 spiro atoms. The van der Waals surface area contributed by atoms with Crippen molar-refractivity contribution in [3.8, 4) is 11.3 Å². The molecule has 0 amide bonds. The van der Waals surface area contributed by atoms with Crippen molar-refractivity contribution in [1.29, 1.82) is 0 Å². The number of benzene rings is 3. The molecule has 0 saturated heterocycles. The second-order valence-corrected chi connectivity index (χ2v) is 9.02. The number of nitrogens with one attached hydrogen (secondary N) is 1. The number of carbonyl (C=O) groups is 1. The predicted octanol–water partition coefficient (Wildman–Crippen LogP) is 5.97. The number of carboxylic acid groups (broad SMARTS) is 1. The molecule has 182 valence electrons. The minimum absolute atomic E-state index is 0.136. The smallest absolute Gasteiger partial charge is 0.337 e. The molecule has 0 radical (unpaired) electrons. The van der Waals surface area contributed by atoms with Crippen LogP contribution in [0.25, 0.3) is 33.2 Å². The molecule has 3 aromatic carbocycles. The first-order valence-electron chi connectivity index (χ1n) is 11.4. The Hall–Kier alpha value is -4.46. The van der Waals surface area contributed by atoms with Crippen molar-refractivity contribution in [2.24, 2.45) is 7.05 Å². The zero-order chi connectivity index (χ0) is 25.7. The highest BCUT2D eigenvalue weighted by Gasteiger charge is 2.21. The van der Waals surface area contributed by atoms with E-state index in [2.05, 4.69) is 10.4 Å². The number of aryl methyl sites for hydroxylation is 2. The third-order valence-electron chi connectivity index (χ3n) is 6.45. The van der Waals surface area contributed by atoms with E-state index in [0.29, 0.717) is 27.9 Å². The highest BCUT2D eigenvalue weighted by atomic mass is 19.1. The molecule has 0 bridgehead atoms. The SMILES string of the molecule is Cc1cc([C@@H](C)Nc2ccc(F)cc2C(=O)O)c2oc(-c3ccc4c(cnn4C)c3)c(C)c(=O)c2c1. The van der Waals surface area contributed by atoms with Gasteiger partial charge in [-0.05, 0) is 68.8 Å². The maximum absolute atomic E-state index is 13.7. The van der Waals surface area contributed by atoms with Crippen LogP contribution in [0.15, 0.2) is 63.9 Å². The van der Waals surface area contributed by atoms with E-state index in [1.54, 1.807) is 23.9 Å². The van der Waals surface area contributed by atoms with Crippen LogP contribution in [0.5, 0.6) is 0 Å². The van der Waals surface area contributed by atoms with Gasteiger partial charge in [-0.1, -0.05) is 6.07 Å². The molecule has 0 unspecified atom stereocenters. The second kappa shape index (κ2) is 8.64. The lowest BCUT2D eigenvalue weighted by molar-refractivity contribution is 0.0697. The van der Waals surface area contributed by atoms with E-state index >= 15 is 0 Å². The van der Waals surface area contributed by atoms with E-state index < -0.39 is 17.8 Å². The highest BCUT2D eigenvalue weighted by molar-refractivity contribution is 5.94. The number of aromatic nitrogens is 2. The number of anilines is 1. The van der Waals surface area contributed by atoms with Crippen molar-refractivity contribution in [1.82, 2.24) is 9.78 Å². The fraction of sp³-hybridized carbons (Fsp3) is 0.179. The molecule has 2 heterocycles. The van der Waals surface area contributed by atoms with Gasteiger partial charge < -0.3 is 14.8 Å². The first-order valence-corrected chi connectivity index (χ1v) is 11.4. The number of nitrogens with zero attached hydrogens (tertiary/aromatic N) is 2. The lowest BCUT2D eigenvalue weighted by Gasteiger charge is -2.20. The van der Waals surface area contributed by atoms with Gasteiger partial charge in [0.1, 0.15) is 17.2 Å². The quantitative estimate of drug-likeness (QED) is 0.318. The molecular formula is C28H24FN3O4. The van der Waals surface area contributed by atoms with Gasteiger partial charge >= 0.3 is 5.97 Å². The maximum Gasteiger partial charge on any atom is 0.337 e. The zero-order valence-electron chi connectivity index (χ0n) is 20.2. The monoisotopic (exact) mass is 485 g/mol. The first kappa shape index (κ1) is 23.3. The number of carboxylic acids is 1. The Morgan fingerprint density at radius 2 is 1.92 bits per heavy atom. The third-order valence-corrected chi connectivity index (χ3v) is 6.45. The Kier molecular flexibility index (Phi) is 5.59. The maximum atomic E-state index is 13.7. The molecule has 0 aliphatic heterocycles. The summed E-state index contributed by atoms with van der Waals surface area (Å²) in [6.07, 6.45) is 1.76. The number of halogens is 1. The normalized spacial score (nSPS) is 12.2. The van der Waals surface area contributed by atoms with E-state index in [9.17, 15) is 19.1 Å². The molecule has 7 nitrogen and oxygen atoms in total. The van der Waals surface area contributed by atoms with Gasteiger partial charge in [0.15, 0.2) is 5.43 Å². The fourth-order valence-electron chi connectivity index (χ4n) is 4.60. The van der Waals surface area contributed by atoms with Crippen LogP contribution >= 0.6 is 0 Å². The van der Waals surface area contributed by atoms with Crippen molar-refractivity contribution in [3.05, 3.63) is 93.0 Å². The van der Waals surface area contributed by atoms with Crippen LogP contribution in [0.2, 0.25) is 0 Å². The largest absolute Gasteiger partial charge is 0.478 e. The van der Waals surface area contributed by atoms with Crippen LogP contribution < -0.4 is 10.7 Å². The molecule has 0 saturated carbocycles. The first-order chi connectivity index (χ1) is 17.1. The van der Waals surface area contributed by atoms with Gasteiger partial charge in [-0.15, -0.1) is 0 Å².